The summed E-state index contributed by atoms with van der Waals surface area (Å²) >= 11 is 1.65. The number of rotatable bonds is 7. The highest BCUT2D eigenvalue weighted by molar-refractivity contribution is 7.09. The molecule has 3 rings (SSSR count). The van der Waals surface area contributed by atoms with Gasteiger partial charge in [-0.3, -0.25) is 9.78 Å². The smallest absolute Gasteiger partial charge is 0.339 e. The predicted octanol–water partition coefficient (Wildman–Crippen LogP) is 3.68. The zero-order chi connectivity index (χ0) is 19.2. The lowest BCUT2D eigenvalue weighted by atomic mass is 10.0. The molecule has 140 valence electrons. The molecule has 0 unspecified atom stereocenters. The first-order chi connectivity index (χ1) is 13.1. The number of hydrogen-bond donors (Lipinski definition) is 1. The van der Waals surface area contributed by atoms with Crippen molar-refractivity contribution in [2.45, 2.75) is 26.7 Å². The summed E-state index contributed by atoms with van der Waals surface area (Å²) in [6.45, 7) is 4.10. The summed E-state index contributed by atoms with van der Waals surface area (Å²) in [6.07, 6.45) is 1.49. The molecule has 6 heteroatoms. The van der Waals surface area contributed by atoms with E-state index in [4.69, 9.17) is 4.74 Å². The van der Waals surface area contributed by atoms with E-state index in [9.17, 15) is 9.59 Å². The molecule has 0 bridgehead atoms. The third-order valence-corrected chi connectivity index (χ3v) is 5.32. The van der Waals surface area contributed by atoms with Crippen LogP contribution in [-0.4, -0.2) is 30.0 Å². The molecule has 0 saturated heterocycles. The molecule has 1 N–H and O–H groups in total. The Labute approximate surface area is 162 Å². The number of amides is 1. The van der Waals surface area contributed by atoms with Crippen LogP contribution in [0.25, 0.3) is 10.9 Å². The first-order valence-corrected chi connectivity index (χ1v) is 9.82. The van der Waals surface area contributed by atoms with Gasteiger partial charge < -0.3 is 10.1 Å². The third-order valence-electron chi connectivity index (χ3n) is 4.38. The van der Waals surface area contributed by atoms with E-state index >= 15 is 0 Å². The molecule has 27 heavy (non-hydrogen) atoms. The van der Waals surface area contributed by atoms with E-state index in [2.05, 4.69) is 10.3 Å². The third kappa shape index (κ3) is 4.52. The first kappa shape index (κ1) is 19.0. The summed E-state index contributed by atoms with van der Waals surface area (Å²) < 4.78 is 5.29. The number of nitrogens with one attached hydrogen (secondary N) is 1. The number of carbonyl (C=O) groups is 2. The van der Waals surface area contributed by atoms with Crippen LogP contribution >= 0.6 is 11.3 Å². The number of nitrogens with zero attached hydrogens (tertiary/aromatic N) is 1. The number of aryl methyl sites for hydroxylation is 1. The van der Waals surface area contributed by atoms with Crippen LogP contribution < -0.4 is 5.32 Å². The molecule has 1 aromatic carbocycles. The molecule has 2 heterocycles. The molecular weight excluding hydrogens is 360 g/mol. The van der Waals surface area contributed by atoms with Crippen molar-refractivity contribution in [1.82, 2.24) is 10.3 Å². The van der Waals surface area contributed by atoms with Crippen molar-refractivity contribution in [3.05, 3.63) is 63.5 Å². The number of pyridine rings is 1. The second-order valence-corrected chi connectivity index (χ2v) is 7.22. The lowest BCUT2D eigenvalue weighted by Gasteiger charge is -2.13. The normalized spacial score (nSPS) is 10.7. The van der Waals surface area contributed by atoms with Gasteiger partial charge in [0, 0.05) is 22.5 Å². The Balaban J connectivity index is 1.65. The Hall–Kier alpha value is -2.73. The van der Waals surface area contributed by atoms with Gasteiger partial charge in [0.05, 0.1) is 11.1 Å². The molecule has 1 amide bonds. The van der Waals surface area contributed by atoms with Gasteiger partial charge in [-0.05, 0) is 42.8 Å². The van der Waals surface area contributed by atoms with Gasteiger partial charge in [0.1, 0.15) is 0 Å². The van der Waals surface area contributed by atoms with E-state index in [1.807, 2.05) is 55.6 Å². The molecule has 3 aromatic rings. The van der Waals surface area contributed by atoms with Gasteiger partial charge in [-0.1, -0.05) is 31.2 Å². The Kier molecular flexibility index (Phi) is 6.19. The second kappa shape index (κ2) is 8.77. The van der Waals surface area contributed by atoms with Crippen molar-refractivity contribution in [3.63, 3.8) is 0 Å². The molecule has 5 nitrogen and oxygen atoms in total. The van der Waals surface area contributed by atoms with Crippen molar-refractivity contribution < 1.29 is 14.3 Å². The van der Waals surface area contributed by atoms with Crippen LogP contribution in [0.4, 0.5) is 0 Å². The Morgan fingerprint density at radius 3 is 2.74 bits per heavy atom. The van der Waals surface area contributed by atoms with Crippen molar-refractivity contribution in [1.29, 1.82) is 0 Å². The van der Waals surface area contributed by atoms with Crippen molar-refractivity contribution in [3.8, 4) is 0 Å². The van der Waals surface area contributed by atoms with Crippen LogP contribution in [0.15, 0.2) is 41.8 Å². The Morgan fingerprint density at radius 2 is 2.00 bits per heavy atom. The summed E-state index contributed by atoms with van der Waals surface area (Å²) in [6, 6.07) is 11.5. The van der Waals surface area contributed by atoms with Gasteiger partial charge in [0.15, 0.2) is 6.61 Å². The average Bonchev–Trinajstić information content (AvgIpc) is 3.19. The molecule has 0 radical (unpaired) electrons. The van der Waals surface area contributed by atoms with E-state index in [-0.39, 0.29) is 12.5 Å². The maximum Gasteiger partial charge on any atom is 0.339 e. The molecule has 0 aliphatic rings. The molecule has 0 atom stereocenters. The molecular formula is C21H22N2O3S. The van der Waals surface area contributed by atoms with Gasteiger partial charge >= 0.3 is 5.97 Å². The zero-order valence-corrected chi connectivity index (χ0v) is 16.3. The van der Waals surface area contributed by atoms with Gasteiger partial charge in [0.25, 0.3) is 5.91 Å². The van der Waals surface area contributed by atoms with E-state index in [1.54, 1.807) is 11.3 Å². The summed E-state index contributed by atoms with van der Waals surface area (Å²) in [5.74, 6) is -0.791. The second-order valence-electron chi connectivity index (χ2n) is 6.18. The molecule has 0 aliphatic carbocycles. The zero-order valence-electron chi connectivity index (χ0n) is 15.5. The average molecular weight is 382 g/mol. The Morgan fingerprint density at radius 1 is 1.19 bits per heavy atom. The molecule has 0 aliphatic heterocycles. The van der Waals surface area contributed by atoms with E-state index in [1.165, 1.54) is 4.88 Å². The summed E-state index contributed by atoms with van der Waals surface area (Å²) in [5, 5.41) is 5.53. The first-order valence-electron chi connectivity index (χ1n) is 8.94. The number of para-hydroxylation sites is 1. The molecule has 0 fully saturated rings. The predicted molar refractivity (Wildman–Crippen MR) is 107 cm³/mol. The number of fused-ring (bicyclic) bond motifs is 1. The minimum absolute atomic E-state index is 0.291. The van der Waals surface area contributed by atoms with Gasteiger partial charge in [-0.25, -0.2) is 4.79 Å². The maximum atomic E-state index is 12.7. The number of ether oxygens (including phenoxy) is 1. The van der Waals surface area contributed by atoms with Crippen molar-refractivity contribution in [2.24, 2.45) is 0 Å². The van der Waals surface area contributed by atoms with Gasteiger partial charge in [-0.15, -0.1) is 11.3 Å². The summed E-state index contributed by atoms with van der Waals surface area (Å²) in [5.41, 5.74) is 2.91. The number of thiophene rings is 1. The molecule has 2 aromatic heterocycles. The van der Waals surface area contributed by atoms with Crippen LogP contribution in [0.3, 0.4) is 0 Å². The van der Waals surface area contributed by atoms with E-state index in [0.717, 1.165) is 35.0 Å². The number of benzene rings is 1. The number of hydrogen-bond acceptors (Lipinski definition) is 5. The molecule has 0 saturated carbocycles. The van der Waals surface area contributed by atoms with Crippen LogP contribution in [0.2, 0.25) is 0 Å². The fourth-order valence-electron chi connectivity index (χ4n) is 3.00. The Bertz CT molecular complexity index is 951. The topological polar surface area (TPSA) is 68.3 Å². The minimum atomic E-state index is -0.491. The highest BCUT2D eigenvalue weighted by Gasteiger charge is 2.19. The number of aromatic nitrogens is 1. The van der Waals surface area contributed by atoms with Crippen molar-refractivity contribution in [2.75, 3.05) is 13.2 Å². The largest absolute Gasteiger partial charge is 0.452 e. The van der Waals surface area contributed by atoms with Crippen LogP contribution in [0.5, 0.6) is 0 Å². The van der Waals surface area contributed by atoms with Crippen LogP contribution in [0, 0.1) is 6.92 Å². The SMILES string of the molecule is CCc1nc2ccccc2c(C(=O)OCC(=O)NCCc2cccs2)c1C. The lowest BCUT2D eigenvalue weighted by Crippen LogP contribution is -2.30. The van der Waals surface area contributed by atoms with Crippen LogP contribution in [-0.2, 0) is 22.4 Å². The monoisotopic (exact) mass is 382 g/mol. The van der Waals surface area contributed by atoms with Crippen molar-refractivity contribution >= 4 is 34.1 Å². The fraction of sp³-hybridized carbons (Fsp3) is 0.286. The summed E-state index contributed by atoms with van der Waals surface area (Å²) in [4.78, 5) is 30.5. The standard InChI is InChI=1S/C21H22N2O3S/c1-3-17-14(2)20(16-8-4-5-9-18(16)23-17)21(25)26-13-19(24)22-11-10-15-7-6-12-27-15/h4-9,12H,3,10-11,13H2,1-2H3,(H,22,24). The number of esters is 1. The quantitative estimate of drug-likeness (QED) is 0.633. The van der Waals surface area contributed by atoms with Gasteiger partial charge in [-0.2, -0.15) is 0 Å². The van der Waals surface area contributed by atoms with E-state index in [0.29, 0.717) is 12.1 Å². The lowest BCUT2D eigenvalue weighted by molar-refractivity contribution is -0.124. The fourth-order valence-corrected chi connectivity index (χ4v) is 3.71. The highest BCUT2D eigenvalue weighted by Crippen LogP contribution is 2.24. The summed E-state index contributed by atoms with van der Waals surface area (Å²) in [7, 11) is 0. The van der Waals surface area contributed by atoms with E-state index < -0.39 is 5.97 Å². The van der Waals surface area contributed by atoms with Crippen LogP contribution in [0.1, 0.15) is 33.4 Å². The van der Waals surface area contributed by atoms with Gasteiger partial charge in [0.2, 0.25) is 0 Å². The minimum Gasteiger partial charge on any atom is -0.452 e. The number of carbonyl (C=O) groups excluding carboxylic acids is 2. The molecule has 0 spiro atoms. The maximum absolute atomic E-state index is 12.7. The highest BCUT2D eigenvalue weighted by atomic mass is 32.1.